The number of carbonyl (C=O) groups is 3. The third kappa shape index (κ3) is 7.07. The lowest BCUT2D eigenvalue weighted by atomic mass is 9.82. The molecule has 1 saturated heterocycles. The molecule has 12 heteroatoms. The number of rotatable bonds is 11. The first-order valence-electron chi connectivity index (χ1n) is 15.8. The highest BCUT2D eigenvalue weighted by Gasteiger charge is 2.67. The lowest BCUT2D eigenvalue weighted by molar-refractivity contribution is -0.150. The van der Waals surface area contributed by atoms with E-state index in [1.54, 1.807) is 41.1 Å². The Morgan fingerprint density at radius 2 is 1.81 bits per heavy atom. The van der Waals surface area contributed by atoms with Gasteiger partial charge in [-0.15, -0.1) is 0 Å². The maximum atomic E-state index is 16.3. The summed E-state index contributed by atoms with van der Waals surface area (Å²) in [6.07, 6.45) is -2.18. The average Bonchev–Trinajstić information content (AvgIpc) is 3.43. The van der Waals surface area contributed by atoms with Crippen molar-refractivity contribution in [3.63, 3.8) is 0 Å². The molecule has 1 fully saturated rings. The van der Waals surface area contributed by atoms with Crippen molar-refractivity contribution < 1.29 is 33.4 Å². The van der Waals surface area contributed by atoms with Gasteiger partial charge in [0.05, 0.1) is 31.4 Å². The standard InChI is InChI=1S/C35H41BrFN3O6Si/c1-22-32(47(3,4)37)30(19-31(43)39(15-16-41)20-24-9-6-5-7-10-24)46-35(22)28-18-26(36)13-14-29(28)40(34(35)45)21-25-11-8-12-27(17-25)38-33(44)23(2)42/h5-14,17-18,22-23,30,32,41-42H,15-16,19-21H2,1-4H3,(H,38,44)/t22-,23+,30+,32-,35+/m1/s1. The van der Waals surface area contributed by atoms with E-state index in [4.69, 9.17) is 4.74 Å². The molecule has 0 unspecified atom stereocenters. The van der Waals surface area contributed by atoms with Crippen LogP contribution >= 0.6 is 15.9 Å². The largest absolute Gasteiger partial charge is 0.395 e. The number of ether oxygens (including phenoxy) is 1. The van der Waals surface area contributed by atoms with Crippen LogP contribution in [0.5, 0.6) is 0 Å². The van der Waals surface area contributed by atoms with Gasteiger partial charge in [-0.25, -0.2) is 0 Å². The molecule has 47 heavy (non-hydrogen) atoms. The highest BCUT2D eigenvalue weighted by molar-refractivity contribution is 9.10. The van der Waals surface area contributed by atoms with Gasteiger partial charge in [-0.2, -0.15) is 0 Å². The van der Waals surface area contributed by atoms with E-state index in [-0.39, 0.29) is 44.5 Å². The fraction of sp³-hybridized carbons (Fsp3) is 0.400. The van der Waals surface area contributed by atoms with Gasteiger partial charge in [0.1, 0.15) is 6.10 Å². The molecule has 250 valence electrons. The summed E-state index contributed by atoms with van der Waals surface area (Å²) >= 11 is 3.55. The molecular formula is C35H41BrFN3O6Si. The molecular weight excluding hydrogens is 685 g/mol. The molecule has 5 atom stereocenters. The van der Waals surface area contributed by atoms with E-state index in [1.165, 1.54) is 6.92 Å². The Morgan fingerprint density at radius 3 is 2.47 bits per heavy atom. The van der Waals surface area contributed by atoms with Crippen LogP contribution in [0.2, 0.25) is 18.6 Å². The van der Waals surface area contributed by atoms with Gasteiger partial charge in [0.2, 0.25) is 14.3 Å². The predicted molar refractivity (Wildman–Crippen MR) is 184 cm³/mol. The molecule has 3 N–H and O–H groups in total. The van der Waals surface area contributed by atoms with Crippen molar-refractivity contribution in [2.45, 2.75) is 69.8 Å². The summed E-state index contributed by atoms with van der Waals surface area (Å²) in [7, 11) is -3.52. The topological polar surface area (TPSA) is 119 Å². The average molecular weight is 727 g/mol. The number of halogens is 2. The number of nitrogens with one attached hydrogen (secondary N) is 1. The number of aliphatic hydroxyl groups is 2. The Morgan fingerprint density at radius 1 is 1.11 bits per heavy atom. The van der Waals surface area contributed by atoms with Crippen LogP contribution in [0.25, 0.3) is 0 Å². The Labute approximate surface area is 284 Å². The lowest BCUT2D eigenvalue weighted by Gasteiger charge is -2.31. The van der Waals surface area contributed by atoms with Crippen LogP contribution < -0.4 is 10.2 Å². The van der Waals surface area contributed by atoms with E-state index < -0.39 is 43.6 Å². The molecule has 2 aliphatic rings. The van der Waals surface area contributed by atoms with E-state index >= 15 is 4.11 Å². The fourth-order valence-corrected chi connectivity index (χ4v) is 9.93. The van der Waals surface area contributed by atoms with Gasteiger partial charge in [0, 0.05) is 40.3 Å². The lowest BCUT2D eigenvalue weighted by Crippen LogP contribution is -2.45. The monoisotopic (exact) mass is 725 g/mol. The zero-order chi connectivity index (χ0) is 34.1. The minimum atomic E-state index is -3.52. The second kappa shape index (κ2) is 14.0. The molecule has 0 aliphatic carbocycles. The first-order chi connectivity index (χ1) is 22.3. The van der Waals surface area contributed by atoms with Crippen LogP contribution in [-0.4, -0.2) is 66.6 Å². The Balaban J connectivity index is 1.48. The maximum absolute atomic E-state index is 16.3. The number of amides is 3. The number of benzene rings is 3. The van der Waals surface area contributed by atoms with E-state index in [2.05, 4.69) is 21.2 Å². The molecule has 0 aromatic heterocycles. The molecule has 3 aromatic carbocycles. The quantitative estimate of drug-likeness (QED) is 0.178. The van der Waals surface area contributed by atoms with Gasteiger partial charge >= 0.3 is 0 Å². The summed E-state index contributed by atoms with van der Waals surface area (Å²) in [5.74, 6) is -1.76. The first-order valence-corrected chi connectivity index (χ1v) is 19.5. The molecule has 2 heterocycles. The van der Waals surface area contributed by atoms with Crippen LogP contribution in [0.1, 0.15) is 37.0 Å². The van der Waals surface area contributed by atoms with Gasteiger partial charge < -0.3 is 34.2 Å². The smallest absolute Gasteiger partial charge is 0.264 e. The van der Waals surface area contributed by atoms with Crippen molar-refractivity contribution in [3.8, 4) is 0 Å². The normalized spacial score (nSPS) is 22.8. The summed E-state index contributed by atoms with van der Waals surface area (Å²) < 4.78 is 23.8. The van der Waals surface area contributed by atoms with Crippen LogP contribution in [0, 0.1) is 5.92 Å². The van der Waals surface area contributed by atoms with Crippen molar-refractivity contribution >= 4 is 53.4 Å². The summed E-state index contributed by atoms with van der Waals surface area (Å²) in [6.45, 7) is 6.73. The second-order valence-electron chi connectivity index (χ2n) is 12.9. The number of nitrogens with zero attached hydrogens (tertiary/aromatic N) is 2. The van der Waals surface area contributed by atoms with Crippen molar-refractivity contribution in [3.05, 3.63) is 94.0 Å². The Kier molecular flexibility index (Phi) is 10.4. The third-order valence-electron chi connectivity index (χ3n) is 9.15. The molecule has 3 aromatic rings. The van der Waals surface area contributed by atoms with E-state index in [1.807, 2.05) is 61.5 Å². The molecule has 0 saturated carbocycles. The zero-order valence-corrected chi connectivity index (χ0v) is 29.5. The highest BCUT2D eigenvalue weighted by atomic mass is 79.9. The first kappa shape index (κ1) is 34.9. The molecule has 3 amide bonds. The van der Waals surface area contributed by atoms with Crippen molar-refractivity contribution in [2.24, 2.45) is 5.92 Å². The Hall–Kier alpha value is -3.42. The molecule has 1 spiro atoms. The van der Waals surface area contributed by atoms with Gasteiger partial charge in [0.15, 0.2) is 5.60 Å². The van der Waals surface area contributed by atoms with Crippen LogP contribution in [0.4, 0.5) is 15.5 Å². The second-order valence-corrected chi connectivity index (χ2v) is 17.6. The van der Waals surface area contributed by atoms with E-state index in [0.29, 0.717) is 16.9 Å². The maximum Gasteiger partial charge on any atom is 0.264 e. The van der Waals surface area contributed by atoms with Crippen molar-refractivity contribution in [1.29, 1.82) is 0 Å². The summed E-state index contributed by atoms with van der Waals surface area (Å²) in [5, 5.41) is 22.0. The number of hydrogen-bond acceptors (Lipinski definition) is 6. The zero-order valence-electron chi connectivity index (χ0n) is 27.0. The van der Waals surface area contributed by atoms with Crippen molar-refractivity contribution in [1.82, 2.24) is 4.90 Å². The molecule has 9 nitrogen and oxygen atoms in total. The molecule has 2 aliphatic heterocycles. The number of aliphatic hydroxyl groups excluding tert-OH is 2. The van der Waals surface area contributed by atoms with Crippen LogP contribution in [-0.2, 0) is 37.8 Å². The molecule has 5 rings (SSSR count). The van der Waals surface area contributed by atoms with Gasteiger partial charge in [-0.1, -0.05) is 65.3 Å². The van der Waals surface area contributed by atoms with Gasteiger partial charge in [-0.05, 0) is 61.5 Å². The summed E-state index contributed by atoms with van der Waals surface area (Å²) in [6, 6.07) is 22.0. The predicted octanol–water partition coefficient (Wildman–Crippen LogP) is 5.50. The van der Waals surface area contributed by atoms with Crippen LogP contribution in [0.3, 0.4) is 0 Å². The number of carbonyl (C=O) groups excluding carboxylic acids is 3. The van der Waals surface area contributed by atoms with E-state index in [9.17, 15) is 24.6 Å². The Bertz CT molecular complexity index is 1640. The number of fused-ring (bicyclic) bond motifs is 2. The number of hydrogen-bond donors (Lipinski definition) is 3. The van der Waals surface area contributed by atoms with Crippen molar-refractivity contribution in [2.75, 3.05) is 23.4 Å². The molecule has 0 radical (unpaired) electrons. The van der Waals surface area contributed by atoms with E-state index in [0.717, 1.165) is 15.6 Å². The fourth-order valence-electron chi connectivity index (χ4n) is 7.07. The minimum absolute atomic E-state index is 0.113. The van der Waals surface area contributed by atoms with Crippen LogP contribution in [0.15, 0.2) is 77.3 Å². The third-order valence-corrected chi connectivity index (χ3v) is 12.1. The minimum Gasteiger partial charge on any atom is -0.395 e. The van der Waals surface area contributed by atoms with Gasteiger partial charge in [-0.3, -0.25) is 14.4 Å². The number of anilines is 2. The SMILES string of the molecule is C[C@H](O)C(=O)Nc1cccc(CN2C(=O)[C@@]3(O[C@@H](CC(=O)N(CCO)Cc4ccccc4)[C@H]([Si](C)(C)F)[C@H]3C)c3cc(Br)ccc32)c1. The van der Waals surface area contributed by atoms with Gasteiger partial charge in [0.25, 0.3) is 11.8 Å². The highest BCUT2D eigenvalue weighted by Crippen LogP contribution is 2.60. The summed E-state index contributed by atoms with van der Waals surface area (Å²) in [5.41, 5.74) is 1.14. The summed E-state index contributed by atoms with van der Waals surface area (Å²) in [4.78, 5) is 43.8. The molecule has 0 bridgehead atoms.